The topological polar surface area (TPSA) is 132 Å². The van der Waals surface area contributed by atoms with Crippen LogP contribution in [0.5, 0.6) is 0 Å². The summed E-state index contributed by atoms with van der Waals surface area (Å²) in [6.45, 7) is 4.22. The van der Waals surface area contributed by atoms with Crippen LogP contribution in [0.3, 0.4) is 0 Å². The van der Waals surface area contributed by atoms with Crippen molar-refractivity contribution >= 4 is 12.2 Å². The molecule has 1 saturated heterocycles. The first kappa shape index (κ1) is 31.9. The number of carboxylic acid groups (broad SMARTS) is 2. The Labute approximate surface area is 249 Å². The molecule has 4 rings (SSSR count). The molecule has 2 fully saturated rings. The van der Waals surface area contributed by atoms with Gasteiger partial charge in [0, 0.05) is 13.1 Å². The molecule has 232 valence electrons. The van der Waals surface area contributed by atoms with Gasteiger partial charge in [-0.25, -0.2) is 19.5 Å². The second-order valence-corrected chi connectivity index (χ2v) is 12.2. The number of hydrogen-bond acceptors (Lipinski definition) is 6. The summed E-state index contributed by atoms with van der Waals surface area (Å²) in [6.07, 6.45) is 13.9. The Kier molecular flexibility index (Phi) is 12.2. The standard InChI is InChI=1S/C32H49N5O5/c38-30(39)37(31(40)41)21-13-5-3-1-2-4-12-20-35-22-18-26(19-23-35)24-36-25-33-29(34-36)32(42,27-14-8-6-9-15-27)28-16-10-7-11-17-28/h6,8-9,14-15,25-26,28,42H,1-5,7,10-13,16-24H2,(H,38,39)(H,40,41)/t32-/m0/s1. The first-order valence-corrected chi connectivity index (χ1v) is 16.0. The summed E-state index contributed by atoms with van der Waals surface area (Å²) in [5.41, 5.74) is -0.246. The molecule has 0 unspecified atom stereocenters. The summed E-state index contributed by atoms with van der Waals surface area (Å²) in [4.78, 5) is 29.4. The number of nitrogens with zero attached hydrogens (tertiary/aromatic N) is 5. The van der Waals surface area contributed by atoms with Gasteiger partial charge >= 0.3 is 12.2 Å². The van der Waals surface area contributed by atoms with Crippen molar-refractivity contribution in [3.63, 3.8) is 0 Å². The Balaban J connectivity index is 1.13. The second kappa shape index (κ2) is 16.0. The van der Waals surface area contributed by atoms with Crippen molar-refractivity contribution in [1.82, 2.24) is 24.6 Å². The van der Waals surface area contributed by atoms with Gasteiger partial charge in [-0.2, -0.15) is 5.10 Å². The largest absolute Gasteiger partial charge is 0.465 e. The van der Waals surface area contributed by atoms with E-state index in [0.29, 0.717) is 23.1 Å². The van der Waals surface area contributed by atoms with Crippen LogP contribution in [0.25, 0.3) is 0 Å². The third-order valence-corrected chi connectivity index (χ3v) is 9.26. The third kappa shape index (κ3) is 8.77. The Morgan fingerprint density at radius 3 is 2.12 bits per heavy atom. The van der Waals surface area contributed by atoms with Crippen LogP contribution in [0.2, 0.25) is 0 Å². The van der Waals surface area contributed by atoms with Gasteiger partial charge in [0.15, 0.2) is 11.4 Å². The molecule has 1 aromatic carbocycles. The van der Waals surface area contributed by atoms with Gasteiger partial charge in [0.05, 0.1) is 0 Å². The number of likely N-dealkylation sites (tertiary alicyclic amines) is 1. The Hall–Kier alpha value is -2.98. The number of rotatable bonds is 15. The molecule has 10 nitrogen and oxygen atoms in total. The normalized spacial score (nSPS) is 18.5. The lowest BCUT2D eigenvalue weighted by molar-refractivity contribution is -0.00865. The molecule has 1 aromatic heterocycles. The molecule has 10 heteroatoms. The van der Waals surface area contributed by atoms with Gasteiger partial charge < -0.3 is 20.2 Å². The number of benzene rings is 1. The minimum absolute atomic E-state index is 0.0507. The molecule has 0 bridgehead atoms. The monoisotopic (exact) mass is 583 g/mol. The number of aliphatic hydroxyl groups is 1. The maximum absolute atomic E-state index is 12.1. The lowest BCUT2D eigenvalue weighted by Gasteiger charge is -2.37. The first-order valence-electron chi connectivity index (χ1n) is 16.0. The molecule has 2 heterocycles. The van der Waals surface area contributed by atoms with Crippen LogP contribution in [-0.4, -0.2) is 78.2 Å². The number of hydrogen-bond donors (Lipinski definition) is 3. The summed E-state index contributed by atoms with van der Waals surface area (Å²) >= 11 is 0. The minimum atomic E-state index is -1.40. The van der Waals surface area contributed by atoms with Gasteiger partial charge in [-0.3, -0.25) is 4.68 Å². The molecular weight excluding hydrogens is 534 g/mol. The fourth-order valence-electron chi connectivity index (χ4n) is 6.74. The molecule has 1 aliphatic heterocycles. The average Bonchev–Trinajstić information content (AvgIpc) is 3.48. The number of amides is 2. The van der Waals surface area contributed by atoms with E-state index in [9.17, 15) is 14.7 Å². The van der Waals surface area contributed by atoms with E-state index in [-0.39, 0.29) is 12.5 Å². The molecule has 1 atom stereocenters. The van der Waals surface area contributed by atoms with Gasteiger partial charge in [-0.15, -0.1) is 0 Å². The highest BCUT2D eigenvalue weighted by atomic mass is 16.4. The number of unbranched alkanes of at least 4 members (excludes halogenated alkanes) is 6. The quantitative estimate of drug-likeness (QED) is 0.211. The molecule has 42 heavy (non-hydrogen) atoms. The molecule has 0 radical (unpaired) electrons. The van der Waals surface area contributed by atoms with E-state index in [1.807, 2.05) is 41.3 Å². The van der Waals surface area contributed by atoms with Crippen LogP contribution in [-0.2, 0) is 12.1 Å². The highest BCUT2D eigenvalue weighted by Gasteiger charge is 2.43. The number of piperidine rings is 1. The zero-order chi connectivity index (χ0) is 29.8. The van der Waals surface area contributed by atoms with Crippen molar-refractivity contribution in [2.45, 2.75) is 102 Å². The molecule has 0 spiro atoms. The first-order chi connectivity index (χ1) is 20.4. The van der Waals surface area contributed by atoms with Crippen molar-refractivity contribution in [1.29, 1.82) is 0 Å². The zero-order valence-corrected chi connectivity index (χ0v) is 24.9. The van der Waals surface area contributed by atoms with Gasteiger partial charge in [-0.05, 0) is 75.6 Å². The number of aromatic nitrogens is 3. The van der Waals surface area contributed by atoms with Crippen LogP contribution < -0.4 is 0 Å². The van der Waals surface area contributed by atoms with E-state index in [4.69, 9.17) is 15.3 Å². The third-order valence-electron chi connectivity index (χ3n) is 9.26. The molecule has 2 aromatic rings. The highest BCUT2D eigenvalue weighted by Crippen LogP contribution is 2.42. The Morgan fingerprint density at radius 1 is 0.857 bits per heavy atom. The molecule has 1 saturated carbocycles. The Morgan fingerprint density at radius 2 is 1.48 bits per heavy atom. The summed E-state index contributed by atoms with van der Waals surface area (Å²) < 4.78 is 1.95. The van der Waals surface area contributed by atoms with Gasteiger partial charge in [0.25, 0.3) is 0 Å². The molecule has 2 amide bonds. The SMILES string of the molecule is O=C(O)N(CCCCCCCCCN1CCC(Cn2cnc([C@](O)(c3ccccc3)C3CCCCC3)n2)CC1)C(=O)O. The van der Waals surface area contributed by atoms with Crippen LogP contribution >= 0.6 is 0 Å². The van der Waals surface area contributed by atoms with Crippen molar-refractivity contribution in [2.24, 2.45) is 11.8 Å². The van der Waals surface area contributed by atoms with Crippen LogP contribution in [0.15, 0.2) is 36.7 Å². The van der Waals surface area contributed by atoms with E-state index in [1.54, 1.807) is 0 Å². The fourth-order valence-corrected chi connectivity index (χ4v) is 6.74. The van der Waals surface area contributed by atoms with Gasteiger partial charge in [0.1, 0.15) is 6.33 Å². The van der Waals surface area contributed by atoms with Crippen molar-refractivity contribution in [3.8, 4) is 0 Å². The molecule has 3 N–H and O–H groups in total. The lowest BCUT2D eigenvalue weighted by Crippen LogP contribution is -2.39. The number of carbonyl (C=O) groups is 2. The molecule has 2 aliphatic rings. The second-order valence-electron chi connectivity index (χ2n) is 12.2. The van der Waals surface area contributed by atoms with Gasteiger partial charge in [-0.1, -0.05) is 81.7 Å². The van der Waals surface area contributed by atoms with E-state index in [1.165, 1.54) is 19.3 Å². The van der Waals surface area contributed by atoms with Crippen LogP contribution in [0.4, 0.5) is 9.59 Å². The fraction of sp³-hybridized carbons (Fsp3) is 0.688. The zero-order valence-electron chi connectivity index (χ0n) is 24.9. The molecular formula is C32H49N5O5. The van der Waals surface area contributed by atoms with Gasteiger partial charge in [0.2, 0.25) is 0 Å². The van der Waals surface area contributed by atoms with Crippen molar-refractivity contribution in [3.05, 3.63) is 48.0 Å². The number of imide groups is 1. The predicted molar refractivity (Wildman–Crippen MR) is 160 cm³/mol. The van der Waals surface area contributed by atoms with E-state index in [2.05, 4.69) is 9.88 Å². The van der Waals surface area contributed by atoms with Crippen LogP contribution in [0.1, 0.15) is 101 Å². The molecule has 1 aliphatic carbocycles. The van der Waals surface area contributed by atoms with Crippen molar-refractivity contribution < 1.29 is 24.9 Å². The minimum Gasteiger partial charge on any atom is -0.465 e. The maximum atomic E-state index is 12.1. The van der Waals surface area contributed by atoms with E-state index in [0.717, 1.165) is 96.0 Å². The highest BCUT2D eigenvalue weighted by molar-refractivity contribution is 5.85. The van der Waals surface area contributed by atoms with E-state index >= 15 is 0 Å². The summed E-state index contributed by atoms with van der Waals surface area (Å²) in [6, 6.07) is 9.97. The summed E-state index contributed by atoms with van der Waals surface area (Å²) in [5, 5.41) is 34.7. The maximum Gasteiger partial charge on any atom is 0.416 e. The van der Waals surface area contributed by atoms with E-state index < -0.39 is 17.8 Å². The smallest absolute Gasteiger partial charge is 0.416 e. The summed E-state index contributed by atoms with van der Waals surface area (Å²) in [5.74, 6) is 1.25. The predicted octanol–water partition coefficient (Wildman–Crippen LogP) is 6.20. The Bertz CT molecular complexity index is 1080. The summed E-state index contributed by atoms with van der Waals surface area (Å²) in [7, 11) is 0. The van der Waals surface area contributed by atoms with Crippen LogP contribution in [0, 0.1) is 11.8 Å². The average molecular weight is 584 g/mol. The lowest BCUT2D eigenvalue weighted by atomic mass is 9.73. The van der Waals surface area contributed by atoms with Crippen molar-refractivity contribution in [2.75, 3.05) is 26.2 Å².